The van der Waals surface area contributed by atoms with Crippen molar-refractivity contribution in [1.82, 2.24) is 0 Å². The van der Waals surface area contributed by atoms with Crippen LogP contribution in [0.15, 0.2) is 42.4 Å². The predicted octanol–water partition coefficient (Wildman–Crippen LogP) is 2.46. The van der Waals surface area contributed by atoms with Gasteiger partial charge < -0.3 is 14.6 Å². The van der Waals surface area contributed by atoms with Gasteiger partial charge in [0.1, 0.15) is 12.0 Å². The molecule has 1 aliphatic rings. The summed E-state index contributed by atoms with van der Waals surface area (Å²) in [5, 5.41) is 8.97. The third-order valence-electron chi connectivity index (χ3n) is 2.74. The van der Waals surface area contributed by atoms with E-state index in [1.54, 1.807) is 6.26 Å². The maximum absolute atomic E-state index is 8.97. The maximum atomic E-state index is 8.97. The quantitative estimate of drug-likeness (QED) is 0.850. The molecule has 1 unspecified atom stereocenters. The Morgan fingerprint density at radius 2 is 2.06 bits per heavy atom. The number of aliphatic hydroxyl groups excluding tert-OH is 1. The molecular weight excluding hydrogens is 216 g/mol. The fourth-order valence-electron chi connectivity index (χ4n) is 1.78. The Morgan fingerprint density at radius 3 is 2.76 bits per heavy atom. The Labute approximate surface area is 102 Å². The molecule has 0 radical (unpaired) electrons. The van der Waals surface area contributed by atoms with Crippen LogP contribution in [-0.4, -0.2) is 18.0 Å². The SMILES string of the molecule is C[C@H](CO)CC1=COC(Cc2ccccc2)O1. The molecule has 3 heteroatoms. The lowest BCUT2D eigenvalue weighted by atomic mass is 10.1. The molecule has 0 aromatic heterocycles. The topological polar surface area (TPSA) is 38.7 Å². The van der Waals surface area contributed by atoms with Gasteiger partial charge in [0.15, 0.2) is 0 Å². The number of benzene rings is 1. The molecule has 2 atom stereocenters. The van der Waals surface area contributed by atoms with E-state index in [1.165, 1.54) is 5.56 Å². The van der Waals surface area contributed by atoms with Gasteiger partial charge in [-0.1, -0.05) is 37.3 Å². The van der Waals surface area contributed by atoms with E-state index in [1.807, 2.05) is 25.1 Å². The summed E-state index contributed by atoms with van der Waals surface area (Å²) in [6.07, 6.45) is 2.91. The molecule has 0 saturated carbocycles. The van der Waals surface area contributed by atoms with Crippen LogP contribution in [0.3, 0.4) is 0 Å². The summed E-state index contributed by atoms with van der Waals surface area (Å²) in [5.74, 6) is 1.04. The van der Waals surface area contributed by atoms with Gasteiger partial charge in [-0.2, -0.15) is 0 Å². The van der Waals surface area contributed by atoms with Crippen molar-refractivity contribution in [3.05, 3.63) is 47.9 Å². The first kappa shape index (κ1) is 12.0. The maximum Gasteiger partial charge on any atom is 0.244 e. The lowest BCUT2D eigenvalue weighted by molar-refractivity contribution is -0.0331. The summed E-state index contributed by atoms with van der Waals surface area (Å²) < 4.78 is 11.1. The van der Waals surface area contributed by atoms with Crippen LogP contribution in [0, 0.1) is 5.92 Å². The number of allylic oxidation sites excluding steroid dienone is 1. The number of hydrogen-bond acceptors (Lipinski definition) is 3. The highest BCUT2D eigenvalue weighted by atomic mass is 16.7. The molecule has 1 N–H and O–H groups in total. The molecule has 2 rings (SSSR count). The van der Waals surface area contributed by atoms with Gasteiger partial charge in [0.2, 0.25) is 6.29 Å². The van der Waals surface area contributed by atoms with Crippen molar-refractivity contribution in [2.75, 3.05) is 6.61 Å². The Bertz CT molecular complexity index is 372. The first-order valence-corrected chi connectivity index (χ1v) is 5.94. The van der Waals surface area contributed by atoms with Crippen molar-refractivity contribution in [3.8, 4) is 0 Å². The monoisotopic (exact) mass is 234 g/mol. The van der Waals surface area contributed by atoms with E-state index in [-0.39, 0.29) is 18.8 Å². The molecule has 1 aromatic rings. The van der Waals surface area contributed by atoms with Gasteiger partial charge in [0.25, 0.3) is 0 Å². The van der Waals surface area contributed by atoms with Crippen molar-refractivity contribution in [1.29, 1.82) is 0 Å². The highest BCUT2D eigenvalue weighted by Gasteiger charge is 2.20. The highest BCUT2D eigenvalue weighted by molar-refractivity contribution is 5.15. The number of ether oxygens (including phenoxy) is 2. The summed E-state index contributed by atoms with van der Waals surface area (Å²) in [6.45, 7) is 2.15. The smallest absolute Gasteiger partial charge is 0.244 e. The predicted molar refractivity (Wildman–Crippen MR) is 65.1 cm³/mol. The van der Waals surface area contributed by atoms with E-state index >= 15 is 0 Å². The minimum Gasteiger partial charge on any atom is -0.459 e. The molecule has 1 aromatic carbocycles. The molecule has 0 amide bonds. The second-order valence-electron chi connectivity index (χ2n) is 4.45. The molecule has 0 aliphatic carbocycles. The van der Waals surface area contributed by atoms with Gasteiger partial charge in [-0.05, 0) is 11.5 Å². The fraction of sp³-hybridized carbons (Fsp3) is 0.429. The summed E-state index contributed by atoms with van der Waals surface area (Å²) in [6, 6.07) is 10.1. The van der Waals surface area contributed by atoms with Crippen LogP contribution >= 0.6 is 0 Å². The zero-order chi connectivity index (χ0) is 12.1. The number of hydrogen-bond donors (Lipinski definition) is 1. The molecule has 0 spiro atoms. The zero-order valence-corrected chi connectivity index (χ0v) is 10.0. The van der Waals surface area contributed by atoms with Crippen LogP contribution in [0.4, 0.5) is 0 Å². The van der Waals surface area contributed by atoms with Gasteiger partial charge in [-0.3, -0.25) is 0 Å². The minimum atomic E-state index is -0.224. The first-order valence-electron chi connectivity index (χ1n) is 5.94. The van der Waals surface area contributed by atoms with Crippen LogP contribution in [0.2, 0.25) is 0 Å². The summed E-state index contributed by atoms with van der Waals surface area (Å²) in [5.41, 5.74) is 1.20. The lowest BCUT2D eigenvalue weighted by Gasteiger charge is -2.13. The zero-order valence-electron chi connectivity index (χ0n) is 10.0. The summed E-state index contributed by atoms with van der Waals surface area (Å²) in [7, 11) is 0. The Hall–Kier alpha value is -1.48. The molecular formula is C14H18O3. The van der Waals surface area contributed by atoms with Crippen molar-refractivity contribution < 1.29 is 14.6 Å². The van der Waals surface area contributed by atoms with Crippen LogP contribution in [0.1, 0.15) is 18.9 Å². The second kappa shape index (κ2) is 5.73. The molecule has 17 heavy (non-hydrogen) atoms. The van der Waals surface area contributed by atoms with E-state index in [2.05, 4.69) is 12.1 Å². The van der Waals surface area contributed by atoms with Crippen LogP contribution < -0.4 is 0 Å². The van der Waals surface area contributed by atoms with Gasteiger partial charge in [-0.25, -0.2) is 0 Å². The largest absolute Gasteiger partial charge is 0.459 e. The fourth-order valence-corrected chi connectivity index (χ4v) is 1.78. The van der Waals surface area contributed by atoms with Crippen molar-refractivity contribution in [3.63, 3.8) is 0 Å². The molecule has 0 saturated heterocycles. The third kappa shape index (κ3) is 3.49. The molecule has 3 nitrogen and oxygen atoms in total. The Kier molecular flexibility index (Phi) is 4.04. The van der Waals surface area contributed by atoms with E-state index < -0.39 is 0 Å². The number of aliphatic hydroxyl groups is 1. The summed E-state index contributed by atoms with van der Waals surface area (Å²) in [4.78, 5) is 0. The van der Waals surface area contributed by atoms with Crippen molar-refractivity contribution in [2.45, 2.75) is 26.1 Å². The van der Waals surface area contributed by atoms with Crippen LogP contribution in [0.5, 0.6) is 0 Å². The molecule has 1 aliphatic heterocycles. The average Bonchev–Trinajstić information content (AvgIpc) is 2.77. The molecule has 0 bridgehead atoms. The van der Waals surface area contributed by atoms with E-state index in [4.69, 9.17) is 14.6 Å². The Morgan fingerprint density at radius 1 is 1.29 bits per heavy atom. The van der Waals surface area contributed by atoms with Crippen LogP contribution in [0.25, 0.3) is 0 Å². The average molecular weight is 234 g/mol. The van der Waals surface area contributed by atoms with E-state index in [9.17, 15) is 0 Å². The molecule has 1 heterocycles. The highest BCUT2D eigenvalue weighted by Crippen LogP contribution is 2.23. The van der Waals surface area contributed by atoms with Crippen molar-refractivity contribution in [2.24, 2.45) is 5.92 Å². The van der Waals surface area contributed by atoms with Crippen molar-refractivity contribution >= 4 is 0 Å². The number of rotatable bonds is 5. The first-order chi connectivity index (χ1) is 8.28. The van der Waals surface area contributed by atoms with Gasteiger partial charge in [0, 0.05) is 19.4 Å². The second-order valence-corrected chi connectivity index (χ2v) is 4.45. The summed E-state index contributed by atoms with van der Waals surface area (Å²) >= 11 is 0. The third-order valence-corrected chi connectivity index (χ3v) is 2.74. The molecule has 0 fully saturated rings. The lowest BCUT2D eigenvalue weighted by Crippen LogP contribution is -2.13. The standard InChI is InChI=1S/C14H18O3/c1-11(9-15)7-13-10-16-14(17-13)8-12-5-3-2-4-6-12/h2-6,10-11,14-15H,7-9H2,1H3/t11-,14?/m0/s1. The van der Waals surface area contributed by atoms with E-state index in [0.29, 0.717) is 0 Å². The Balaban J connectivity index is 1.81. The van der Waals surface area contributed by atoms with Crippen LogP contribution in [-0.2, 0) is 15.9 Å². The normalized spacial score (nSPS) is 20.4. The van der Waals surface area contributed by atoms with Gasteiger partial charge in [0.05, 0.1) is 0 Å². The van der Waals surface area contributed by atoms with Gasteiger partial charge in [-0.15, -0.1) is 0 Å². The van der Waals surface area contributed by atoms with Gasteiger partial charge >= 0.3 is 0 Å². The van der Waals surface area contributed by atoms with E-state index in [0.717, 1.165) is 18.6 Å². The minimum absolute atomic E-state index is 0.171. The molecule has 92 valence electrons.